The third-order valence-electron chi connectivity index (χ3n) is 7.16. The van der Waals surface area contributed by atoms with E-state index in [-0.39, 0.29) is 29.1 Å². The zero-order valence-corrected chi connectivity index (χ0v) is 20.9. The van der Waals surface area contributed by atoms with Crippen molar-refractivity contribution in [3.63, 3.8) is 0 Å². The van der Waals surface area contributed by atoms with Crippen molar-refractivity contribution in [2.24, 2.45) is 5.92 Å². The lowest BCUT2D eigenvalue weighted by molar-refractivity contribution is -0.139. The molecule has 10 heteroatoms. The number of likely N-dealkylation sites (tertiary alicyclic amines) is 1. The number of nitrogens with one attached hydrogen (secondary N) is 1. The fourth-order valence-corrected chi connectivity index (χ4v) is 5.27. The molecule has 36 heavy (non-hydrogen) atoms. The molecular weight excluding hydrogens is 495 g/mol. The Kier molecular flexibility index (Phi) is 7.80. The number of nitrogens with zero attached hydrogens (tertiary/aromatic N) is 2. The van der Waals surface area contributed by atoms with Crippen LogP contribution in [0, 0.1) is 5.92 Å². The predicted molar refractivity (Wildman–Crippen MR) is 130 cm³/mol. The average Bonchev–Trinajstić information content (AvgIpc) is 3.33. The Morgan fingerprint density at radius 3 is 2.36 bits per heavy atom. The molecule has 2 heterocycles. The normalized spacial score (nSPS) is 20.9. The van der Waals surface area contributed by atoms with Crippen LogP contribution in [-0.2, 0) is 11.0 Å². The van der Waals surface area contributed by atoms with E-state index in [1.807, 2.05) is 12.1 Å². The van der Waals surface area contributed by atoms with Crippen LogP contribution in [0.5, 0.6) is 5.75 Å². The van der Waals surface area contributed by atoms with E-state index in [9.17, 15) is 22.8 Å². The number of hydrogen-bond donors (Lipinski definition) is 1. The second-order valence-electron chi connectivity index (χ2n) is 9.32. The van der Waals surface area contributed by atoms with E-state index in [1.165, 1.54) is 11.0 Å². The standard InChI is InChI=1S/C26H29ClF3N3O3/c1-32(24(34)18-5-8-23(36-2)21(13-18)26(28,29)30)22-15-33(25(35)17-9-11-31-12-10-17)14-20(22)16-3-6-19(27)7-4-16/h3-8,13,17,20,22,31H,9-12,14-15H2,1-2H3. The molecule has 6 nitrogen and oxygen atoms in total. The van der Waals surface area contributed by atoms with Crippen LogP contribution in [-0.4, -0.2) is 68.0 Å². The molecule has 2 aliphatic rings. The molecule has 2 saturated heterocycles. The number of ether oxygens (including phenoxy) is 1. The number of hydrogen-bond acceptors (Lipinski definition) is 4. The van der Waals surface area contributed by atoms with E-state index < -0.39 is 23.7 Å². The van der Waals surface area contributed by atoms with Crippen molar-refractivity contribution in [3.8, 4) is 5.75 Å². The maximum atomic E-state index is 13.5. The number of halogens is 4. The molecular formula is C26H29ClF3N3O3. The number of carbonyl (C=O) groups excluding carboxylic acids is 2. The predicted octanol–water partition coefficient (Wildman–Crippen LogP) is 4.43. The first-order valence-corrected chi connectivity index (χ1v) is 12.2. The van der Waals surface area contributed by atoms with Gasteiger partial charge in [0.2, 0.25) is 5.91 Å². The molecule has 0 bridgehead atoms. The van der Waals surface area contributed by atoms with Crippen molar-refractivity contribution in [2.45, 2.75) is 31.0 Å². The highest BCUT2D eigenvalue weighted by Gasteiger charge is 2.42. The van der Waals surface area contributed by atoms with E-state index in [2.05, 4.69) is 5.32 Å². The lowest BCUT2D eigenvalue weighted by Gasteiger charge is -2.30. The topological polar surface area (TPSA) is 61.9 Å². The summed E-state index contributed by atoms with van der Waals surface area (Å²) in [5.41, 5.74) is -0.188. The second-order valence-corrected chi connectivity index (χ2v) is 9.76. The van der Waals surface area contributed by atoms with Crippen molar-refractivity contribution in [3.05, 3.63) is 64.2 Å². The highest BCUT2D eigenvalue weighted by atomic mass is 35.5. The number of piperidine rings is 1. The molecule has 1 N–H and O–H groups in total. The molecule has 2 fully saturated rings. The minimum atomic E-state index is -4.67. The fourth-order valence-electron chi connectivity index (χ4n) is 5.14. The van der Waals surface area contributed by atoms with Gasteiger partial charge in [0, 0.05) is 42.6 Å². The molecule has 0 radical (unpaired) electrons. The summed E-state index contributed by atoms with van der Waals surface area (Å²) in [6.07, 6.45) is -3.16. The van der Waals surface area contributed by atoms with Crippen LogP contribution in [0.1, 0.15) is 40.2 Å². The van der Waals surface area contributed by atoms with Gasteiger partial charge in [0.25, 0.3) is 5.91 Å². The highest BCUT2D eigenvalue weighted by molar-refractivity contribution is 6.30. The van der Waals surface area contributed by atoms with E-state index >= 15 is 0 Å². The number of likely N-dealkylation sites (N-methyl/N-ethyl adjacent to an activating group) is 1. The SMILES string of the molecule is COc1ccc(C(=O)N(C)C2CN(C(=O)C3CCNCC3)CC2c2ccc(Cl)cc2)cc1C(F)(F)F. The molecule has 194 valence electrons. The summed E-state index contributed by atoms with van der Waals surface area (Å²) in [5, 5.41) is 3.83. The summed E-state index contributed by atoms with van der Waals surface area (Å²) >= 11 is 6.07. The molecule has 2 aromatic carbocycles. The van der Waals surface area contributed by atoms with Crippen molar-refractivity contribution in [1.82, 2.24) is 15.1 Å². The smallest absolute Gasteiger partial charge is 0.419 e. The first-order valence-electron chi connectivity index (χ1n) is 11.9. The maximum Gasteiger partial charge on any atom is 0.419 e. The lowest BCUT2D eigenvalue weighted by Crippen LogP contribution is -2.43. The summed E-state index contributed by atoms with van der Waals surface area (Å²) in [6.45, 7) is 2.29. The number of amides is 2. The molecule has 0 aliphatic carbocycles. The minimum Gasteiger partial charge on any atom is -0.496 e. The Morgan fingerprint density at radius 1 is 1.08 bits per heavy atom. The third-order valence-corrected chi connectivity index (χ3v) is 7.41. The Hall–Kier alpha value is -2.78. The molecule has 0 saturated carbocycles. The van der Waals surface area contributed by atoms with Crippen LogP contribution in [0.25, 0.3) is 0 Å². The van der Waals surface area contributed by atoms with E-state index in [0.717, 1.165) is 50.7 Å². The molecule has 2 unspecified atom stereocenters. The monoisotopic (exact) mass is 523 g/mol. The largest absolute Gasteiger partial charge is 0.496 e. The molecule has 2 atom stereocenters. The molecule has 0 aromatic heterocycles. The second kappa shape index (κ2) is 10.7. The summed E-state index contributed by atoms with van der Waals surface area (Å²) < 4.78 is 45.5. The summed E-state index contributed by atoms with van der Waals surface area (Å²) in [5.74, 6) is -1.12. The Bertz CT molecular complexity index is 1100. The van der Waals surface area contributed by atoms with Crippen molar-refractivity contribution in [1.29, 1.82) is 0 Å². The first-order chi connectivity index (χ1) is 17.1. The quantitative estimate of drug-likeness (QED) is 0.630. The van der Waals surface area contributed by atoms with Gasteiger partial charge in [-0.15, -0.1) is 0 Å². The zero-order valence-electron chi connectivity index (χ0n) is 20.1. The Labute approximate surface area is 213 Å². The van der Waals surface area contributed by atoms with Gasteiger partial charge in [0.15, 0.2) is 0 Å². The fraction of sp³-hybridized carbons (Fsp3) is 0.462. The summed E-state index contributed by atoms with van der Waals surface area (Å²) in [4.78, 5) is 30.0. The zero-order chi connectivity index (χ0) is 26.0. The van der Waals surface area contributed by atoms with Crippen LogP contribution >= 0.6 is 11.6 Å². The van der Waals surface area contributed by atoms with E-state index in [4.69, 9.17) is 16.3 Å². The van der Waals surface area contributed by atoms with Gasteiger partial charge >= 0.3 is 6.18 Å². The molecule has 2 amide bonds. The number of benzene rings is 2. The van der Waals surface area contributed by atoms with Gasteiger partial charge in [0.1, 0.15) is 5.75 Å². The van der Waals surface area contributed by atoms with Crippen LogP contribution in [0.4, 0.5) is 13.2 Å². The Morgan fingerprint density at radius 2 is 1.75 bits per heavy atom. The summed E-state index contributed by atoms with van der Waals surface area (Å²) in [6, 6.07) is 10.1. The van der Waals surface area contributed by atoms with E-state index in [0.29, 0.717) is 18.1 Å². The average molecular weight is 524 g/mol. The van der Waals surface area contributed by atoms with Gasteiger partial charge in [-0.3, -0.25) is 9.59 Å². The lowest BCUT2D eigenvalue weighted by atomic mass is 9.93. The molecule has 2 aliphatic heterocycles. The van der Waals surface area contributed by atoms with Gasteiger partial charge in [0.05, 0.1) is 18.7 Å². The number of alkyl halides is 3. The van der Waals surface area contributed by atoms with Crippen LogP contribution in [0.2, 0.25) is 5.02 Å². The van der Waals surface area contributed by atoms with Crippen molar-refractivity contribution in [2.75, 3.05) is 40.3 Å². The van der Waals surface area contributed by atoms with Crippen LogP contribution in [0.15, 0.2) is 42.5 Å². The molecule has 4 rings (SSSR count). The highest BCUT2D eigenvalue weighted by Crippen LogP contribution is 2.38. The van der Waals surface area contributed by atoms with Gasteiger partial charge in [-0.05, 0) is 61.8 Å². The third kappa shape index (κ3) is 5.47. The first kappa shape index (κ1) is 26.3. The molecule has 2 aromatic rings. The van der Waals surface area contributed by atoms with Crippen molar-refractivity contribution >= 4 is 23.4 Å². The van der Waals surface area contributed by atoms with Gasteiger partial charge in [-0.25, -0.2) is 0 Å². The number of methoxy groups -OCH3 is 1. The maximum absolute atomic E-state index is 13.5. The summed E-state index contributed by atoms with van der Waals surface area (Å²) in [7, 11) is 2.73. The van der Waals surface area contributed by atoms with E-state index in [1.54, 1.807) is 24.1 Å². The Balaban J connectivity index is 1.62. The van der Waals surface area contributed by atoms with Crippen molar-refractivity contribution < 1.29 is 27.5 Å². The number of carbonyl (C=O) groups is 2. The minimum absolute atomic E-state index is 0.0580. The molecule has 0 spiro atoms. The van der Waals surface area contributed by atoms with Crippen LogP contribution < -0.4 is 10.1 Å². The number of rotatable bonds is 5. The van der Waals surface area contributed by atoms with Gasteiger partial charge in [-0.1, -0.05) is 23.7 Å². The van der Waals surface area contributed by atoms with Gasteiger partial charge < -0.3 is 19.9 Å². The van der Waals surface area contributed by atoms with Gasteiger partial charge in [-0.2, -0.15) is 13.2 Å². The van der Waals surface area contributed by atoms with Crippen LogP contribution in [0.3, 0.4) is 0 Å².